The van der Waals surface area contributed by atoms with Crippen LogP contribution in [0.5, 0.6) is 0 Å². The molecule has 0 spiro atoms. The summed E-state index contributed by atoms with van der Waals surface area (Å²) in [6.45, 7) is 4.10. The molecule has 2 rings (SSSR count). The first-order chi connectivity index (χ1) is 12.8. The van der Waals surface area contributed by atoms with Crippen molar-refractivity contribution in [1.29, 1.82) is 0 Å². The lowest BCUT2D eigenvalue weighted by atomic mass is 10.2. The predicted molar refractivity (Wildman–Crippen MR) is 106 cm³/mol. The molecule has 0 amide bonds. The van der Waals surface area contributed by atoms with Gasteiger partial charge in [0.15, 0.2) is 0 Å². The molecule has 150 valence electrons. The number of benzene rings is 1. The molecule has 1 atom stereocenters. The van der Waals surface area contributed by atoms with Gasteiger partial charge in [-0.3, -0.25) is 4.72 Å². The predicted octanol–water partition coefficient (Wildman–Crippen LogP) is 2.26. The van der Waals surface area contributed by atoms with Crippen LogP contribution in [0.4, 0.5) is 15.1 Å². The number of nitrogens with two attached hydrogens (primary N) is 1. The highest BCUT2D eigenvalue weighted by molar-refractivity contribution is 7.93. The van der Waals surface area contributed by atoms with Crippen LogP contribution in [-0.2, 0) is 10.0 Å². The number of sulfonamides is 1. The third-order valence-corrected chi connectivity index (χ3v) is 5.87. The fourth-order valence-corrected chi connectivity index (χ4v) is 4.26. The Morgan fingerprint density at radius 1 is 1.33 bits per heavy atom. The lowest BCUT2D eigenvalue weighted by Crippen LogP contribution is -2.31. The summed E-state index contributed by atoms with van der Waals surface area (Å²) in [7, 11) is -4.12. The maximum Gasteiger partial charge on any atom is 0.265 e. The summed E-state index contributed by atoms with van der Waals surface area (Å²) < 4.78 is 44.7. The molecule has 2 aromatic rings. The molecule has 5 N–H and O–H groups in total. The summed E-state index contributed by atoms with van der Waals surface area (Å²) in [4.78, 5) is -0.536. The molecule has 0 aliphatic carbocycles. The van der Waals surface area contributed by atoms with Crippen molar-refractivity contribution in [3.05, 3.63) is 29.2 Å². The molecule has 8 nitrogen and oxygen atoms in total. The number of nitrogens with zero attached hydrogens (tertiary/aromatic N) is 2. The van der Waals surface area contributed by atoms with Gasteiger partial charge in [-0.05, 0) is 38.4 Å². The van der Waals surface area contributed by atoms with E-state index < -0.39 is 20.7 Å². The first kappa shape index (κ1) is 21.8. The number of hydrogen-bond acceptors (Lipinski definition) is 8. The molecule has 12 heteroatoms. The Kier molecular flexibility index (Phi) is 8.17. The van der Waals surface area contributed by atoms with Crippen LogP contribution in [-0.4, -0.2) is 43.7 Å². The fraction of sp³-hybridized carbons (Fsp3) is 0.467. The van der Waals surface area contributed by atoms with Crippen molar-refractivity contribution in [2.24, 2.45) is 5.73 Å². The van der Waals surface area contributed by atoms with E-state index in [-0.39, 0.29) is 16.1 Å². The molecular weight excluding hydrogens is 415 g/mol. The lowest BCUT2D eigenvalue weighted by Gasteiger charge is -2.12. The highest BCUT2D eigenvalue weighted by Crippen LogP contribution is 2.29. The highest BCUT2D eigenvalue weighted by atomic mass is 35.5. The van der Waals surface area contributed by atoms with Crippen molar-refractivity contribution < 1.29 is 12.8 Å². The van der Waals surface area contributed by atoms with E-state index in [0.717, 1.165) is 49.6 Å². The van der Waals surface area contributed by atoms with E-state index in [2.05, 4.69) is 24.9 Å². The van der Waals surface area contributed by atoms with Gasteiger partial charge >= 0.3 is 0 Å². The maximum absolute atomic E-state index is 14.3. The maximum atomic E-state index is 14.3. The lowest BCUT2D eigenvalue weighted by molar-refractivity contribution is 0.570. The summed E-state index contributed by atoms with van der Waals surface area (Å²) in [6, 6.07) is 2.28. The molecule has 1 unspecified atom stereocenters. The smallest absolute Gasteiger partial charge is 0.265 e. The van der Waals surface area contributed by atoms with E-state index in [1.54, 1.807) is 0 Å². The van der Waals surface area contributed by atoms with E-state index in [0.29, 0.717) is 12.2 Å². The van der Waals surface area contributed by atoms with E-state index in [1.165, 1.54) is 6.20 Å². The second-order valence-corrected chi connectivity index (χ2v) is 8.81. The van der Waals surface area contributed by atoms with Gasteiger partial charge in [-0.15, -0.1) is 5.10 Å². The van der Waals surface area contributed by atoms with Gasteiger partial charge in [0.05, 0.1) is 16.9 Å². The van der Waals surface area contributed by atoms with E-state index in [4.69, 9.17) is 17.3 Å². The van der Waals surface area contributed by atoms with Crippen molar-refractivity contribution in [3.8, 4) is 0 Å². The fourth-order valence-electron chi connectivity index (χ4n) is 2.20. The number of hydrogen-bond donors (Lipinski definition) is 4. The van der Waals surface area contributed by atoms with Crippen LogP contribution in [0, 0.1) is 5.82 Å². The quantitative estimate of drug-likeness (QED) is 0.398. The molecule has 1 heterocycles. The molecule has 0 aliphatic heterocycles. The van der Waals surface area contributed by atoms with Gasteiger partial charge < -0.3 is 16.4 Å². The van der Waals surface area contributed by atoms with Crippen LogP contribution in [0.25, 0.3) is 0 Å². The number of anilines is 2. The Morgan fingerprint density at radius 3 is 2.74 bits per heavy atom. The summed E-state index contributed by atoms with van der Waals surface area (Å²) in [5.74, 6) is -0.898. The molecule has 0 radical (unpaired) electrons. The van der Waals surface area contributed by atoms with Gasteiger partial charge in [-0.25, -0.2) is 12.8 Å². The van der Waals surface area contributed by atoms with Crippen molar-refractivity contribution >= 4 is 43.8 Å². The van der Waals surface area contributed by atoms with Crippen molar-refractivity contribution in [2.75, 3.05) is 29.7 Å². The Bertz CT molecular complexity index is 833. The molecule has 0 bridgehead atoms. The van der Waals surface area contributed by atoms with Crippen molar-refractivity contribution in [2.45, 2.75) is 30.7 Å². The third kappa shape index (κ3) is 6.85. The Balaban J connectivity index is 1.92. The third-order valence-electron chi connectivity index (χ3n) is 3.47. The van der Waals surface area contributed by atoms with E-state index >= 15 is 0 Å². The van der Waals surface area contributed by atoms with Crippen LogP contribution in [0.1, 0.15) is 19.8 Å². The molecular formula is C15H22ClFN6O2S2. The van der Waals surface area contributed by atoms with Gasteiger partial charge in [-0.1, -0.05) is 16.1 Å². The molecule has 1 aromatic carbocycles. The van der Waals surface area contributed by atoms with Crippen LogP contribution in [0.15, 0.2) is 23.2 Å². The molecule has 0 saturated carbocycles. The van der Waals surface area contributed by atoms with Crippen LogP contribution in [0.2, 0.25) is 5.02 Å². The van der Waals surface area contributed by atoms with Crippen LogP contribution in [0.3, 0.4) is 0 Å². The van der Waals surface area contributed by atoms with Crippen LogP contribution >= 0.6 is 23.1 Å². The minimum Gasteiger partial charge on any atom is -0.384 e. The monoisotopic (exact) mass is 436 g/mol. The highest BCUT2D eigenvalue weighted by Gasteiger charge is 2.22. The summed E-state index contributed by atoms with van der Waals surface area (Å²) in [6.07, 6.45) is 2.99. The van der Waals surface area contributed by atoms with E-state index in [9.17, 15) is 12.8 Å². The first-order valence-electron chi connectivity index (χ1n) is 8.29. The Labute approximate surface area is 166 Å². The minimum absolute atomic E-state index is 0.113. The number of rotatable bonds is 11. The average molecular weight is 437 g/mol. The summed E-state index contributed by atoms with van der Waals surface area (Å²) >= 11 is 6.96. The normalized spacial score (nSPS) is 12.7. The van der Waals surface area contributed by atoms with E-state index in [1.807, 2.05) is 6.92 Å². The van der Waals surface area contributed by atoms with Crippen molar-refractivity contribution in [3.63, 3.8) is 0 Å². The minimum atomic E-state index is -4.12. The molecule has 1 aromatic heterocycles. The second-order valence-electron chi connectivity index (χ2n) is 5.97. The topological polar surface area (TPSA) is 122 Å². The number of unbranched alkanes of at least 4 members (excludes halogenated alkanes) is 1. The molecule has 27 heavy (non-hydrogen) atoms. The zero-order valence-electron chi connectivity index (χ0n) is 14.7. The first-order valence-corrected chi connectivity index (χ1v) is 10.9. The number of nitrogens with one attached hydrogen (secondary N) is 3. The zero-order chi connectivity index (χ0) is 19.9. The molecule has 0 saturated heterocycles. The zero-order valence-corrected chi connectivity index (χ0v) is 17.1. The Morgan fingerprint density at radius 2 is 2.07 bits per heavy atom. The Hall–Kier alpha value is -1.53. The number of halogens is 2. The average Bonchev–Trinajstić information content (AvgIpc) is 3.08. The molecule has 0 aliphatic rings. The SMILES string of the molecule is CC(N)CNCCCCNc1cc(F)c(S(=O)(=O)Nc2cnns2)cc1Cl. The standard InChI is InChI=1S/C15H22ClFN6O2S2/c1-10(18)8-19-4-2-3-5-20-13-7-12(17)14(6-11(13)16)27(24,25)22-15-9-21-23-26-15/h6-7,9-10,19-20,22H,2-5,8,18H2,1H3. The molecule has 0 fully saturated rings. The second kappa shape index (κ2) is 10.1. The van der Waals surface area contributed by atoms with Gasteiger partial charge in [0.1, 0.15) is 15.7 Å². The number of aromatic nitrogens is 2. The van der Waals surface area contributed by atoms with Gasteiger partial charge in [0, 0.05) is 30.7 Å². The summed E-state index contributed by atoms with van der Waals surface area (Å²) in [5.41, 5.74) is 5.99. The van der Waals surface area contributed by atoms with Crippen LogP contribution < -0.4 is 21.1 Å². The van der Waals surface area contributed by atoms with Crippen molar-refractivity contribution in [1.82, 2.24) is 14.9 Å². The van der Waals surface area contributed by atoms with Gasteiger partial charge in [-0.2, -0.15) is 0 Å². The largest absolute Gasteiger partial charge is 0.384 e. The van der Waals surface area contributed by atoms with Gasteiger partial charge in [0.25, 0.3) is 10.0 Å². The van der Waals surface area contributed by atoms with Gasteiger partial charge in [0.2, 0.25) is 0 Å². The summed E-state index contributed by atoms with van der Waals surface area (Å²) in [5, 5.41) is 10.1.